The number of carbonyl (C=O) groups excluding carboxylic acids is 1. The molecule has 0 radical (unpaired) electrons. The number of esters is 1. The average molecular weight is 512 g/mol. The van der Waals surface area contributed by atoms with Crippen LogP contribution in [0.5, 0.6) is 11.5 Å². The predicted molar refractivity (Wildman–Crippen MR) is 129 cm³/mol. The molecule has 188 valence electrons. The van der Waals surface area contributed by atoms with Crippen LogP contribution in [0.25, 0.3) is 0 Å². The summed E-state index contributed by atoms with van der Waals surface area (Å²) in [6.45, 7) is 0.0504. The van der Waals surface area contributed by atoms with E-state index >= 15 is 0 Å². The summed E-state index contributed by atoms with van der Waals surface area (Å²) in [5.74, 6) is -0.177. The third-order valence-corrected chi connectivity index (χ3v) is 8.02. The minimum Gasteiger partial charge on any atom is -0.459 e. The van der Waals surface area contributed by atoms with Crippen molar-refractivity contribution < 1.29 is 31.8 Å². The normalized spacial score (nSPS) is 23.2. The van der Waals surface area contributed by atoms with Gasteiger partial charge in [0, 0.05) is 12.8 Å². The number of hydrogen-bond acceptors (Lipinski definition) is 6. The molecule has 0 saturated carbocycles. The van der Waals surface area contributed by atoms with Crippen LogP contribution >= 0.6 is 0 Å². The Morgan fingerprint density at radius 3 is 2.11 bits per heavy atom. The van der Waals surface area contributed by atoms with Crippen molar-refractivity contribution in [3.05, 3.63) is 90.2 Å². The number of ether oxygens (including phenoxy) is 3. The van der Waals surface area contributed by atoms with Crippen LogP contribution in [0.2, 0.25) is 0 Å². The highest BCUT2D eigenvalue weighted by molar-refractivity contribution is 7.89. The maximum absolute atomic E-state index is 13.4. The van der Waals surface area contributed by atoms with Crippen molar-refractivity contribution in [3.63, 3.8) is 0 Å². The summed E-state index contributed by atoms with van der Waals surface area (Å²) in [5, 5.41) is 0. The van der Waals surface area contributed by atoms with Gasteiger partial charge in [-0.1, -0.05) is 30.3 Å². The smallest absolute Gasteiger partial charge is 0.327 e. The second-order valence-electron chi connectivity index (χ2n) is 9.14. The van der Waals surface area contributed by atoms with Crippen molar-refractivity contribution in [3.8, 4) is 11.5 Å². The van der Waals surface area contributed by atoms with Gasteiger partial charge in [-0.2, -0.15) is 4.72 Å². The van der Waals surface area contributed by atoms with E-state index in [0.29, 0.717) is 11.5 Å². The molecule has 2 aliphatic heterocycles. The lowest BCUT2D eigenvalue weighted by Crippen LogP contribution is -2.59. The molecule has 1 N–H and O–H groups in total. The lowest BCUT2D eigenvalue weighted by Gasteiger charge is -2.38. The summed E-state index contributed by atoms with van der Waals surface area (Å²) in [7, 11) is -4.07. The number of hydrogen-bond donors (Lipinski definition) is 1. The van der Waals surface area contributed by atoms with Gasteiger partial charge < -0.3 is 14.2 Å². The van der Waals surface area contributed by atoms with Gasteiger partial charge in [0.15, 0.2) is 0 Å². The van der Waals surface area contributed by atoms with Crippen LogP contribution in [0, 0.1) is 5.82 Å². The molecule has 5 rings (SSSR count). The van der Waals surface area contributed by atoms with Crippen molar-refractivity contribution in [2.24, 2.45) is 0 Å². The Balaban J connectivity index is 1.34. The molecule has 3 atom stereocenters. The zero-order chi connectivity index (χ0) is 25.2. The molecule has 0 aromatic heterocycles. The molecule has 0 spiro atoms. The highest BCUT2D eigenvalue weighted by Crippen LogP contribution is 2.40. The third-order valence-electron chi connectivity index (χ3n) is 6.46. The Labute approximate surface area is 209 Å². The number of fused-ring (bicyclic) bond motifs is 2. The number of nitrogens with one attached hydrogen (secondary N) is 1. The largest absolute Gasteiger partial charge is 0.459 e. The summed E-state index contributed by atoms with van der Waals surface area (Å²) in [6, 6.07) is 20.6. The van der Waals surface area contributed by atoms with Gasteiger partial charge in [-0.25, -0.2) is 12.8 Å². The Morgan fingerprint density at radius 2 is 1.50 bits per heavy atom. The van der Waals surface area contributed by atoms with Crippen LogP contribution in [0.3, 0.4) is 0 Å². The summed E-state index contributed by atoms with van der Waals surface area (Å²) >= 11 is 0. The molecule has 7 nitrogen and oxygen atoms in total. The molecular weight excluding hydrogens is 485 g/mol. The second-order valence-corrected chi connectivity index (χ2v) is 10.8. The van der Waals surface area contributed by atoms with Crippen LogP contribution < -0.4 is 9.46 Å². The SMILES string of the molecule is O=C(OCc1ccccc1)[C@@]1(NS(=O)(=O)c2ccc(Oc3ccc(F)cc3)cc2)C[C@H]2CC[C@@H](C1)O2. The first kappa shape index (κ1) is 24.4. The topological polar surface area (TPSA) is 90.9 Å². The lowest BCUT2D eigenvalue weighted by molar-refractivity contribution is -0.159. The molecular formula is C27H26FNO6S. The van der Waals surface area contributed by atoms with Crippen molar-refractivity contribution in [1.29, 1.82) is 0 Å². The maximum Gasteiger partial charge on any atom is 0.327 e. The molecule has 2 fully saturated rings. The van der Waals surface area contributed by atoms with E-state index in [-0.39, 0.29) is 42.4 Å². The predicted octanol–water partition coefficient (Wildman–Crippen LogP) is 4.72. The van der Waals surface area contributed by atoms with E-state index in [4.69, 9.17) is 14.2 Å². The minimum atomic E-state index is -4.07. The standard InChI is InChI=1S/C27H26FNO6S/c28-20-6-8-21(9-7-20)34-22-12-14-25(15-13-22)36(31,32)29-27(16-23-10-11-24(17-27)35-23)26(30)33-18-19-4-2-1-3-5-19/h1-9,12-15,23-24,29H,10-11,16-18H2/t23-,24+,27-. The molecule has 0 amide bonds. The van der Waals surface area contributed by atoms with E-state index in [9.17, 15) is 17.6 Å². The van der Waals surface area contributed by atoms with Gasteiger partial charge in [0.2, 0.25) is 10.0 Å². The van der Waals surface area contributed by atoms with E-state index in [2.05, 4.69) is 4.72 Å². The fourth-order valence-electron chi connectivity index (χ4n) is 4.74. The first-order valence-electron chi connectivity index (χ1n) is 11.8. The van der Waals surface area contributed by atoms with Crippen molar-refractivity contribution in [2.75, 3.05) is 0 Å². The van der Waals surface area contributed by atoms with E-state index in [0.717, 1.165) is 18.4 Å². The Kier molecular flexibility index (Phi) is 6.79. The Hall–Kier alpha value is -3.27. The molecule has 2 aliphatic rings. The molecule has 3 aromatic carbocycles. The number of carbonyl (C=O) groups is 1. The van der Waals surface area contributed by atoms with E-state index < -0.39 is 21.5 Å². The van der Waals surface area contributed by atoms with Crippen LogP contribution in [-0.2, 0) is 30.9 Å². The number of benzene rings is 3. The van der Waals surface area contributed by atoms with Gasteiger partial charge in [0.05, 0.1) is 17.1 Å². The molecule has 0 unspecified atom stereocenters. The fraction of sp³-hybridized carbons (Fsp3) is 0.296. The zero-order valence-electron chi connectivity index (χ0n) is 19.4. The first-order valence-corrected chi connectivity index (χ1v) is 13.2. The second kappa shape index (κ2) is 10.0. The van der Waals surface area contributed by atoms with E-state index in [1.165, 1.54) is 48.5 Å². The van der Waals surface area contributed by atoms with Crippen LogP contribution in [0.4, 0.5) is 4.39 Å². The van der Waals surface area contributed by atoms with Crippen molar-refractivity contribution in [2.45, 2.75) is 54.9 Å². The average Bonchev–Trinajstić information content (AvgIpc) is 3.23. The molecule has 36 heavy (non-hydrogen) atoms. The molecule has 9 heteroatoms. The molecule has 2 saturated heterocycles. The highest BCUT2D eigenvalue weighted by Gasteiger charge is 2.52. The van der Waals surface area contributed by atoms with Gasteiger partial charge in [0.25, 0.3) is 0 Å². The maximum atomic E-state index is 13.4. The molecule has 2 bridgehead atoms. The third kappa shape index (κ3) is 5.43. The summed E-state index contributed by atoms with van der Waals surface area (Å²) < 4.78 is 59.7. The van der Waals surface area contributed by atoms with Gasteiger partial charge >= 0.3 is 5.97 Å². The Bertz CT molecular complexity index is 1300. The quantitative estimate of drug-likeness (QED) is 0.440. The summed E-state index contributed by atoms with van der Waals surface area (Å²) in [4.78, 5) is 13.3. The highest BCUT2D eigenvalue weighted by atomic mass is 32.2. The van der Waals surface area contributed by atoms with Crippen LogP contribution in [0.1, 0.15) is 31.2 Å². The monoisotopic (exact) mass is 511 g/mol. The lowest BCUT2D eigenvalue weighted by atomic mass is 9.87. The van der Waals surface area contributed by atoms with Crippen molar-refractivity contribution in [1.82, 2.24) is 4.72 Å². The van der Waals surface area contributed by atoms with Crippen LogP contribution in [0.15, 0.2) is 83.8 Å². The van der Waals surface area contributed by atoms with Crippen molar-refractivity contribution >= 4 is 16.0 Å². The Morgan fingerprint density at radius 1 is 0.917 bits per heavy atom. The molecule has 3 aromatic rings. The van der Waals surface area contributed by atoms with Gasteiger partial charge in [-0.3, -0.25) is 4.79 Å². The molecule has 2 heterocycles. The van der Waals surface area contributed by atoms with E-state index in [1.54, 1.807) is 0 Å². The van der Waals surface area contributed by atoms with Gasteiger partial charge in [-0.05, 0) is 66.9 Å². The summed E-state index contributed by atoms with van der Waals surface area (Å²) in [6.07, 6.45) is 1.55. The van der Waals surface area contributed by atoms with E-state index in [1.807, 2.05) is 30.3 Å². The summed E-state index contributed by atoms with van der Waals surface area (Å²) in [5.41, 5.74) is -0.600. The number of sulfonamides is 1. The zero-order valence-corrected chi connectivity index (χ0v) is 20.2. The van der Waals surface area contributed by atoms with Crippen LogP contribution in [-0.4, -0.2) is 32.1 Å². The number of halogens is 1. The molecule has 0 aliphatic carbocycles. The first-order chi connectivity index (χ1) is 17.3. The van der Waals surface area contributed by atoms with Gasteiger partial charge in [-0.15, -0.1) is 0 Å². The van der Waals surface area contributed by atoms with Gasteiger partial charge in [0.1, 0.15) is 29.5 Å². The fourth-order valence-corrected chi connectivity index (χ4v) is 6.11. The minimum absolute atomic E-state index is 0.0111. The number of rotatable bonds is 8.